The molecule has 0 fully saturated rings. The summed E-state index contributed by atoms with van der Waals surface area (Å²) in [6.07, 6.45) is 69.6. The largest absolute Gasteiger partial charge is 0.466 e. The molecule has 0 spiro atoms. The zero-order valence-corrected chi connectivity index (χ0v) is 44.2. The lowest BCUT2D eigenvalue weighted by atomic mass is 10.1. The highest BCUT2D eigenvalue weighted by Gasteiger charge is 2.05. The summed E-state index contributed by atoms with van der Waals surface area (Å²) in [5.41, 5.74) is 0. The summed E-state index contributed by atoms with van der Waals surface area (Å²) < 4.78 is 15.9. The summed E-state index contributed by atoms with van der Waals surface area (Å²) in [5, 5.41) is 0. The molecule has 390 valence electrons. The summed E-state index contributed by atoms with van der Waals surface area (Å²) in [6.45, 7) is 9.34. The maximum absolute atomic E-state index is 11.6. The van der Waals surface area contributed by atoms with Crippen LogP contribution in [0.4, 0.5) is 0 Å². The van der Waals surface area contributed by atoms with Crippen molar-refractivity contribution in [3.8, 4) is 0 Å². The average Bonchev–Trinajstić information content (AvgIpc) is 3.33. The van der Waals surface area contributed by atoms with Gasteiger partial charge in [0.1, 0.15) is 0 Å². The van der Waals surface area contributed by atoms with Crippen LogP contribution >= 0.6 is 0 Å². The zero-order valence-electron chi connectivity index (χ0n) is 44.2. The summed E-state index contributed by atoms with van der Waals surface area (Å²) in [5.74, 6) is 0.00875. The van der Waals surface area contributed by atoms with Gasteiger partial charge in [-0.1, -0.05) is 203 Å². The first-order valence-corrected chi connectivity index (χ1v) is 29.1. The second kappa shape index (κ2) is 57.7. The fraction of sp³-hybridized carbons (Fsp3) is 0.820. The van der Waals surface area contributed by atoms with Crippen LogP contribution in [0.3, 0.4) is 0 Å². The van der Waals surface area contributed by atoms with Crippen LogP contribution in [0.5, 0.6) is 0 Å². The van der Waals surface area contributed by atoms with Gasteiger partial charge in [-0.05, 0) is 116 Å². The zero-order chi connectivity index (χ0) is 48.5. The highest BCUT2D eigenvalue weighted by atomic mass is 16.5. The third kappa shape index (κ3) is 57.6. The molecule has 0 unspecified atom stereocenters. The SMILES string of the molecule is C=CCCCCCCCCCOC(=O)CCCCCCCCC=C.O=C1CCCCCCC/C=C\CCCCCCCCCO1.O=C1CCCCCCCC/C=C/CCCCCCCCCO1. The minimum absolute atomic E-state index is 0.00679. The molecular weight excluding hydrogens is 829 g/mol. The first-order chi connectivity index (χ1) is 33.1. The van der Waals surface area contributed by atoms with Crippen LogP contribution in [0.1, 0.15) is 302 Å². The third-order valence-corrected chi connectivity index (χ3v) is 13.0. The van der Waals surface area contributed by atoms with Crippen molar-refractivity contribution in [2.75, 3.05) is 19.8 Å². The number of rotatable bonds is 19. The van der Waals surface area contributed by atoms with Crippen LogP contribution in [-0.2, 0) is 28.6 Å². The number of esters is 3. The summed E-state index contributed by atoms with van der Waals surface area (Å²) in [4.78, 5) is 34.7. The van der Waals surface area contributed by atoms with Crippen molar-refractivity contribution in [3.63, 3.8) is 0 Å². The number of ether oxygens (including phenoxy) is 3. The van der Waals surface area contributed by atoms with E-state index in [0.717, 1.165) is 57.8 Å². The fourth-order valence-electron chi connectivity index (χ4n) is 8.58. The molecule has 6 nitrogen and oxygen atoms in total. The van der Waals surface area contributed by atoms with Gasteiger partial charge in [-0.15, -0.1) is 13.2 Å². The normalized spacial score (nSPS) is 19.1. The standard InChI is InChI=1S/C22H40O2.C20H36O2.C19H34O2/c1-3-5-7-9-11-13-15-17-19-21-24-22(23)20-18-16-14-12-10-8-6-4-2;21-20-18-16-14-12-10-8-6-4-2-1-3-5-7-9-11-13-15-17-19-22-20;20-19-17-15-13-11-9-7-5-3-1-2-4-6-8-10-12-14-16-18-21-19/h3-4H,1-2,5-21H2;1-2H,3-19H2;1,3H,2,4-18H2/b;2-1+;3-1-. The molecule has 0 aromatic carbocycles. The van der Waals surface area contributed by atoms with Gasteiger partial charge in [-0.25, -0.2) is 0 Å². The van der Waals surface area contributed by atoms with Gasteiger partial charge in [-0.2, -0.15) is 0 Å². The van der Waals surface area contributed by atoms with E-state index in [0.29, 0.717) is 39.1 Å². The van der Waals surface area contributed by atoms with Crippen molar-refractivity contribution < 1.29 is 28.6 Å². The van der Waals surface area contributed by atoms with Crippen LogP contribution in [-0.4, -0.2) is 37.7 Å². The summed E-state index contributed by atoms with van der Waals surface area (Å²) in [7, 11) is 0. The van der Waals surface area contributed by atoms with E-state index in [2.05, 4.69) is 37.5 Å². The van der Waals surface area contributed by atoms with Gasteiger partial charge in [0.05, 0.1) is 19.8 Å². The first kappa shape index (κ1) is 64.4. The van der Waals surface area contributed by atoms with Crippen LogP contribution in [0, 0.1) is 0 Å². The summed E-state index contributed by atoms with van der Waals surface area (Å²) >= 11 is 0. The Morgan fingerprint density at radius 3 is 1.07 bits per heavy atom. The van der Waals surface area contributed by atoms with Crippen LogP contribution in [0.15, 0.2) is 49.6 Å². The summed E-state index contributed by atoms with van der Waals surface area (Å²) in [6, 6.07) is 0. The molecule has 2 rings (SSSR count). The predicted octanol–water partition coefficient (Wildman–Crippen LogP) is 19.4. The van der Waals surface area contributed by atoms with Gasteiger partial charge in [-0.3, -0.25) is 14.4 Å². The highest BCUT2D eigenvalue weighted by Crippen LogP contribution is 2.15. The highest BCUT2D eigenvalue weighted by molar-refractivity contribution is 5.69. The molecule has 0 aliphatic carbocycles. The molecule has 2 heterocycles. The fourth-order valence-corrected chi connectivity index (χ4v) is 8.58. The third-order valence-electron chi connectivity index (χ3n) is 13.0. The second-order valence-corrected chi connectivity index (χ2v) is 19.6. The molecule has 0 N–H and O–H groups in total. The topological polar surface area (TPSA) is 78.9 Å². The van der Waals surface area contributed by atoms with E-state index in [-0.39, 0.29) is 17.9 Å². The van der Waals surface area contributed by atoms with E-state index >= 15 is 0 Å². The molecule has 2 aliphatic rings. The molecule has 67 heavy (non-hydrogen) atoms. The van der Waals surface area contributed by atoms with Crippen molar-refractivity contribution in [3.05, 3.63) is 49.6 Å². The Balaban J connectivity index is 0.000000977. The first-order valence-electron chi connectivity index (χ1n) is 29.1. The van der Waals surface area contributed by atoms with Crippen molar-refractivity contribution in [1.29, 1.82) is 0 Å². The lowest BCUT2D eigenvalue weighted by molar-refractivity contribution is -0.144. The Hall–Kier alpha value is -2.63. The van der Waals surface area contributed by atoms with Crippen LogP contribution in [0.2, 0.25) is 0 Å². The number of allylic oxidation sites excluding steroid dienone is 6. The molecular formula is C61H110O6. The molecule has 0 aromatic heterocycles. The van der Waals surface area contributed by atoms with E-state index in [1.807, 2.05) is 12.2 Å². The van der Waals surface area contributed by atoms with Crippen LogP contribution in [0.25, 0.3) is 0 Å². The molecule has 0 bridgehead atoms. The molecule has 0 saturated carbocycles. The van der Waals surface area contributed by atoms with Crippen molar-refractivity contribution in [1.82, 2.24) is 0 Å². The molecule has 0 aromatic rings. The number of cyclic esters (lactones) is 2. The smallest absolute Gasteiger partial charge is 0.305 e. The van der Waals surface area contributed by atoms with Gasteiger partial charge in [0.25, 0.3) is 0 Å². The molecule has 6 heteroatoms. The van der Waals surface area contributed by atoms with Gasteiger partial charge in [0.2, 0.25) is 0 Å². The van der Waals surface area contributed by atoms with Gasteiger partial charge < -0.3 is 14.2 Å². The van der Waals surface area contributed by atoms with Crippen molar-refractivity contribution in [2.24, 2.45) is 0 Å². The maximum Gasteiger partial charge on any atom is 0.305 e. The quantitative estimate of drug-likeness (QED) is 0.0556. The molecule has 0 atom stereocenters. The molecule has 0 amide bonds. The number of carbonyl (C=O) groups is 3. The van der Waals surface area contributed by atoms with E-state index in [4.69, 9.17) is 14.2 Å². The lowest BCUT2D eigenvalue weighted by Gasteiger charge is -2.05. The number of hydrogen-bond donors (Lipinski definition) is 0. The Morgan fingerprint density at radius 1 is 0.403 bits per heavy atom. The van der Waals surface area contributed by atoms with Gasteiger partial charge in [0.15, 0.2) is 0 Å². The predicted molar refractivity (Wildman–Crippen MR) is 289 cm³/mol. The monoisotopic (exact) mass is 939 g/mol. The lowest BCUT2D eigenvalue weighted by Crippen LogP contribution is -2.05. The minimum atomic E-state index is -0.00826. The second-order valence-electron chi connectivity index (χ2n) is 19.6. The average molecular weight is 940 g/mol. The Labute approximate surface area is 416 Å². The van der Waals surface area contributed by atoms with Gasteiger partial charge in [0, 0.05) is 19.3 Å². The number of unbranched alkanes of at least 4 members (excludes halogenated alkanes) is 13. The van der Waals surface area contributed by atoms with Crippen LogP contribution < -0.4 is 0 Å². The molecule has 0 radical (unpaired) electrons. The van der Waals surface area contributed by atoms with Crippen molar-refractivity contribution >= 4 is 17.9 Å². The Bertz CT molecular complexity index is 1130. The van der Waals surface area contributed by atoms with Crippen molar-refractivity contribution in [2.45, 2.75) is 302 Å². The Kier molecular flexibility index (Phi) is 55.4. The number of carbonyl (C=O) groups excluding carboxylic acids is 3. The Morgan fingerprint density at radius 2 is 0.701 bits per heavy atom. The minimum Gasteiger partial charge on any atom is -0.466 e. The van der Waals surface area contributed by atoms with Gasteiger partial charge >= 0.3 is 17.9 Å². The van der Waals surface area contributed by atoms with E-state index in [1.165, 1.54) is 225 Å². The maximum atomic E-state index is 11.6. The van der Waals surface area contributed by atoms with E-state index in [1.54, 1.807) is 0 Å². The molecule has 0 saturated heterocycles. The van der Waals surface area contributed by atoms with E-state index in [9.17, 15) is 14.4 Å². The number of hydrogen-bond acceptors (Lipinski definition) is 6. The molecule has 2 aliphatic heterocycles. The van der Waals surface area contributed by atoms with E-state index < -0.39 is 0 Å².